The molecule has 2 aromatic rings. The van der Waals surface area contributed by atoms with Crippen LogP contribution < -0.4 is 0 Å². The zero-order valence-electron chi connectivity index (χ0n) is 13.2. The highest BCUT2D eigenvalue weighted by molar-refractivity contribution is 7.11. The lowest BCUT2D eigenvalue weighted by molar-refractivity contribution is -0.113. The van der Waals surface area contributed by atoms with Crippen molar-refractivity contribution >= 4 is 46.7 Å². The third-order valence-electron chi connectivity index (χ3n) is 3.55. The summed E-state index contributed by atoms with van der Waals surface area (Å²) in [7, 11) is 0. The molecule has 0 aromatic carbocycles. The molecular weight excluding hydrogens is 342 g/mol. The third-order valence-corrected chi connectivity index (χ3v) is 5.19. The minimum absolute atomic E-state index is 0.00246. The summed E-state index contributed by atoms with van der Waals surface area (Å²) in [6.45, 7) is 2.64. The number of nitrogens with zero attached hydrogens (tertiary/aromatic N) is 1. The van der Waals surface area contributed by atoms with E-state index in [2.05, 4.69) is 0 Å². The van der Waals surface area contributed by atoms with Gasteiger partial charge in [0.15, 0.2) is 5.78 Å². The van der Waals surface area contributed by atoms with Gasteiger partial charge in [0.25, 0.3) is 0 Å². The maximum Gasteiger partial charge on any atom is 0.410 e. The first-order valence-corrected chi connectivity index (χ1v) is 9.38. The Morgan fingerprint density at radius 2 is 1.67 bits per heavy atom. The van der Waals surface area contributed by atoms with Crippen molar-refractivity contribution < 1.29 is 14.3 Å². The molecule has 0 aliphatic carbocycles. The molecule has 1 aliphatic heterocycles. The van der Waals surface area contributed by atoms with Gasteiger partial charge in [0.2, 0.25) is 0 Å². The largest absolute Gasteiger partial charge is 0.450 e. The highest BCUT2D eigenvalue weighted by Crippen LogP contribution is 2.25. The Morgan fingerprint density at radius 1 is 1.12 bits per heavy atom. The van der Waals surface area contributed by atoms with Gasteiger partial charge in [-0.1, -0.05) is 12.1 Å². The first kappa shape index (κ1) is 16.7. The SMILES string of the molecule is CCOC(=O)N1C/C(=C/c2cccs2)C(=O)/C(=C\c2cccs2)C1. The van der Waals surface area contributed by atoms with Crippen molar-refractivity contribution in [1.82, 2.24) is 4.90 Å². The molecule has 0 bridgehead atoms. The number of carbonyl (C=O) groups excluding carboxylic acids is 2. The van der Waals surface area contributed by atoms with Crippen molar-refractivity contribution in [3.63, 3.8) is 0 Å². The van der Waals surface area contributed by atoms with Crippen molar-refractivity contribution in [3.8, 4) is 0 Å². The van der Waals surface area contributed by atoms with Gasteiger partial charge in [-0.05, 0) is 42.0 Å². The van der Waals surface area contributed by atoms with Crippen molar-refractivity contribution in [2.75, 3.05) is 19.7 Å². The van der Waals surface area contributed by atoms with Gasteiger partial charge in [-0.15, -0.1) is 22.7 Å². The van der Waals surface area contributed by atoms with Crippen LogP contribution >= 0.6 is 22.7 Å². The quantitative estimate of drug-likeness (QED) is 0.767. The standard InChI is InChI=1S/C18H17NO3S2/c1-2-22-18(21)19-11-13(9-15-5-3-7-23-15)17(20)14(12-19)10-16-6-4-8-24-16/h3-10H,2,11-12H2,1H3/b13-9-,14-10-. The van der Waals surface area contributed by atoms with E-state index in [-0.39, 0.29) is 25.0 Å². The fourth-order valence-corrected chi connectivity index (χ4v) is 3.84. The lowest BCUT2D eigenvalue weighted by Crippen LogP contribution is -2.41. The van der Waals surface area contributed by atoms with E-state index in [1.807, 2.05) is 47.2 Å². The van der Waals surface area contributed by atoms with E-state index in [4.69, 9.17) is 4.74 Å². The van der Waals surface area contributed by atoms with Gasteiger partial charge in [0.1, 0.15) is 0 Å². The summed E-state index contributed by atoms with van der Waals surface area (Å²) >= 11 is 3.13. The molecule has 0 unspecified atom stereocenters. The normalized spacial score (nSPS) is 18.4. The van der Waals surface area contributed by atoms with Gasteiger partial charge in [-0.25, -0.2) is 4.79 Å². The fourth-order valence-electron chi connectivity index (χ4n) is 2.47. The number of carbonyl (C=O) groups is 2. The van der Waals surface area contributed by atoms with Crippen LogP contribution in [0.2, 0.25) is 0 Å². The fraction of sp³-hybridized carbons (Fsp3) is 0.222. The summed E-state index contributed by atoms with van der Waals surface area (Å²) < 4.78 is 5.11. The first-order valence-electron chi connectivity index (χ1n) is 7.62. The van der Waals surface area contributed by atoms with Crippen molar-refractivity contribution in [2.45, 2.75) is 6.92 Å². The number of Topliss-reactive ketones (excluding diaryl/α,β-unsaturated/α-hetero) is 1. The van der Waals surface area contributed by atoms with E-state index in [9.17, 15) is 9.59 Å². The van der Waals surface area contributed by atoms with Gasteiger partial charge < -0.3 is 4.74 Å². The Labute approximate surface area is 148 Å². The van der Waals surface area contributed by atoms with Crippen LogP contribution in [-0.2, 0) is 9.53 Å². The molecule has 124 valence electrons. The minimum Gasteiger partial charge on any atom is -0.450 e. The van der Waals surface area contributed by atoms with Crippen LogP contribution in [0.5, 0.6) is 0 Å². The third kappa shape index (κ3) is 3.83. The number of rotatable bonds is 3. The molecule has 0 spiro atoms. The van der Waals surface area contributed by atoms with E-state index >= 15 is 0 Å². The van der Waals surface area contributed by atoms with E-state index < -0.39 is 0 Å². The molecule has 1 amide bonds. The van der Waals surface area contributed by atoms with Crippen molar-refractivity contribution in [3.05, 3.63) is 55.9 Å². The molecule has 4 nitrogen and oxygen atoms in total. The second kappa shape index (κ2) is 7.59. The number of piperidine rings is 1. The van der Waals surface area contributed by atoms with Crippen LogP contribution in [0.15, 0.2) is 46.2 Å². The molecule has 2 aromatic heterocycles. The predicted molar refractivity (Wildman–Crippen MR) is 98.2 cm³/mol. The number of hydrogen-bond donors (Lipinski definition) is 0. The van der Waals surface area contributed by atoms with Crippen LogP contribution in [-0.4, -0.2) is 36.5 Å². The van der Waals surface area contributed by atoms with Gasteiger partial charge in [-0.3, -0.25) is 9.69 Å². The Balaban J connectivity index is 1.93. The molecule has 1 saturated heterocycles. The smallest absolute Gasteiger partial charge is 0.410 e. The number of ether oxygens (including phenoxy) is 1. The Kier molecular flexibility index (Phi) is 5.27. The summed E-state index contributed by atoms with van der Waals surface area (Å²) in [4.78, 5) is 28.5. The van der Waals surface area contributed by atoms with Gasteiger partial charge in [0.05, 0.1) is 19.7 Å². The van der Waals surface area contributed by atoms with Gasteiger partial charge >= 0.3 is 6.09 Å². The van der Waals surface area contributed by atoms with Crippen molar-refractivity contribution in [1.29, 1.82) is 0 Å². The molecule has 0 atom stereocenters. The molecule has 0 N–H and O–H groups in total. The lowest BCUT2D eigenvalue weighted by Gasteiger charge is -2.28. The summed E-state index contributed by atoms with van der Waals surface area (Å²) in [6, 6.07) is 7.79. The highest BCUT2D eigenvalue weighted by Gasteiger charge is 2.29. The van der Waals surface area contributed by atoms with Gasteiger partial charge in [0, 0.05) is 20.9 Å². The van der Waals surface area contributed by atoms with Crippen LogP contribution in [0, 0.1) is 0 Å². The highest BCUT2D eigenvalue weighted by atomic mass is 32.1. The molecule has 0 saturated carbocycles. The summed E-state index contributed by atoms with van der Waals surface area (Å²) in [6.07, 6.45) is 3.33. The molecule has 3 rings (SSSR count). The van der Waals surface area contributed by atoms with E-state index in [1.165, 1.54) is 0 Å². The Hall–Kier alpha value is -2.18. The summed E-state index contributed by atoms with van der Waals surface area (Å²) in [5.41, 5.74) is 1.22. The molecule has 24 heavy (non-hydrogen) atoms. The average Bonchev–Trinajstić information content (AvgIpc) is 3.25. The van der Waals surface area contributed by atoms with Crippen LogP contribution in [0.4, 0.5) is 4.79 Å². The van der Waals surface area contributed by atoms with Crippen LogP contribution in [0.3, 0.4) is 0 Å². The van der Waals surface area contributed by atoms with Crippen LogP contribution in [0.25, 0.3) is 12.2 Å². The number of likely N-dealkylation sites (tertiary alicyclic amines) is 1. The van der Waals surface area contributed by atoms with Crippen LogP contribution in [0.1, 0.15) is 16.7 Å². The lowest BCUT2D eigenvalue weighted by atomic mass is 9.97. The van der Waals surface area contributed by atoms with E-state index in [0.717, 1.165) is 9.75 Å². The maximum atomic E-state index is 12.8. The first-order chi connectivity index (χ1) is 11.7. The number of thiophene rings is 2. The number of ketones is 1. The zero-order valence-corrected chi connectivity index (χ0v) is 14.9. The topological polar surface area (TPSA) is 46.6 Å². The molecule has 1 fully saturated rings. The molecular formula is C18H17NO3S2. The maximum absolute atomic E-state index is 12.8. The minimum atomic E-state index is -0.390. The molecule has 0 radical (unpaired) electrons. The molecule has 1 aliphatic rings. The summed E-state index contributed by atoms with van der Waals surface area (Å²) in [5.74, 6) is -0.00246. The number of hydrogen-bond acceptors (Lipinski definition) is 5. The Bertz CT molecular complexity index is 717. The summed E-state index contributed by atoms with van der Waals surface area (Å²) in [5, 5.41) is 3.93. The van der Waals surface area contributed by atoms with Gasteiger partial charge in [-0.2, -0.15) is 0 Å². The molecule has 3 heterocycles. The second-order valence-corrected chi connectivity index (χ2v) is 7.21. The average molecular weight is 359 g/mol. The monoisotopic (exact) mass is 359 g/mol. The predicted octanol–water partition coefficient (Wildman–Crippen LogP) is 4.32. The van der Waals surface area contributed by atoms with Crippen molar-refractivity contribution in [2.24, 2.45) is 0 Å². The second-order valence-electron chi connectivity index (χ2n) is 5.25. The van der Waals surface area contributed by atoms with E-state index in [0.29, 0.717) is 17.8 Å². The zero-order chi connectivity index (χ0) is 16.9. The van der Waals surface area contributed by atoms with E-state index in [1.54, 1.807) is 34.5 Å². The molecule has 6 heteroatoms. The number of amides is 1. The Morgan fingerprint density at radius 3 is 2.08 bits per heavy atom.